The predicted molar refractivity (Wildman–Crippen MR) is 102 cm³/mol. The van der Waals surface area contributed by atoms with Crippen molar-refractivity contribution in [1.82, 2.24) is 15.2 Å². The Bertz CT molecular complexity index is 485. The Morgan fingerprint density at radius 1 is 1.33 bits per heavy atom. The molecule has 2 aliphatic heterocycles. The average molecular weight is 350 g/mol. The van der Waals surface area contributed by atoms with Crippen LogP contribution in [0.5, 0.6) is 0 Å². The van der Waals surface area contributed by atoms with Crippen molar-refractivity contribution in [2.45, 2.75) is 38.3 Å². The molecule has 0 amide bonds. The number of hydrogen-bond acceptors (Lipinski definition) is 5. The zero-order valence-electron chi connectivity index (χ0n) is 15.0. The lowest BCUT2D eigenvalue weighted by Crippen LogP contribution is -2.58. The molecule has 0 spiro atoms. The molecular weight excluding hydrogens is 318 g/mol. The van der Waals surface area contributed by atoms with Gasteiger partial charge in [-0.15, -0.1) is 0 Å². The van der Waals surface area contributed by atoms with Crippen molar-refractivity contribution in [1.29, 1.82) is 0 Å². The van der Waals surface area contributed by atoms with Gasteiger partial charge in [-0.2, -0.15) is 11.8 Å². The maximum Gasteiger partial charge on any atom is 0.0594 e. The summed E-state index contributed by atoms with van der Waals surface area (Å²) in [5, 5.41) is 3.89. The van der Waals surface area contributed by atoms with Crippen LogP contribution in [0.15, 0.2) is 24.4 Å². The highest BCUT2D eigenvalue weighted by Crippen LogP contribution is 2.34. The van der Waals surface area contributed by atoms with E-state index in [9.17, 15) is 0 Å². The van der Waals surface area contributed by atoms with E-state index < -0.39 is 0 Å². The van der Waals surface area contributed by atoms with E-state index >= 15 is 0 Å². The SMILES string of the molecule is CC(C)C[C@@H](NC[C@]1(N2CCOCC2)CCSC1)c1ccccn1. The van der Waals surface area contributed by atoms with Crippen molar-refractivity contribution in [2.24, 2.45) is 5.92 Å². The van der Waals surface area contributed by atoms with E-state index in [1.807, 2.05) is 12.3 Å². The molecule has 0 radical (unpaired) electrons. The highest BCUT2D eigenvalue weighted by molar-refractivity contribution is 7.99. The zero-order chi connectivity index (χ0) is 16.8. The van der Waals surface area contributed by atoms with E-state index in [1.165, 1.54) is 23.6 Å². The van der Waals surface area contributed by atoms with E-state index in [0.29, 0.717) is 17.5 Å². The molecule has 2 fully saturated rings. The van der Waals surface area contributed by atoms with Gasteiger partial charge >= 0.3 is 0 Å². The van der Waals surface area contributed by atoms with Gasteiger partial charge in [0, 0.05) is 43.2 Å². The van der Waals surface area contributed by atoms with Gasteiger partial charge in [0.1, 0.15) is 0 Å². The number of aromatic nitrogens is 1. The fourth-order valence-corrected chi connectivity index (χ4v) is 5.29. The largest absolute Gasteiger partial charge is 0.379 e. The van der Waals surface area contributed by atoms with Crippen LogP contribution < -0.4 is 5.32 Å². The Morgan fingerprint density at radius 2 is 2.17 bits per heavy atom. The van der Waals surface area contributed by atoms with E-state index in [1.54, 1.807) is 0 Å². The number of pyridine rings is 1. The number of thioether (sulfide) groups is 1. The van der Waals surface area contributed by atoms with E-state index in [-0.39, 0.29) is 0 Å². The summed E-state index contributed by atoms with van der Waals surface area (Å²) in [6.07, 6.45) is 4.32. The second-order valence-corrected chi connectivity index (χ2v) is 8.55. The molecule has 24 heavy (non-hydrogen) atoms. The maximum atomic E-state index is 5.57. The van der Waals surface area contributed by atoms with Gasteiger partial charge in [-0.05, 0) is 36.6 Å². The van der Waals surface area contributed by atoms with Crippen molar-refractivity contribution in [2.75, 3.05) is 44.4 Å². The molecule has 0 bridgehead atoms. The van der Waals surface area contributed by atoms with Crippen molar-refractivity contribution in [3.8, 4) is 0 Å². The molecule has 1 N–H and O–H groups in total. The minimum absolute atomic E-state index is 0.290. The normalized spacial score (nSPS) is 26.8. The molecular formula is C19H31N3OS. The highest BCUT2D eigenvalue weighted by atomic mass is 32.2. The summed E-state index contributed by atoms with van der Waals surface area (Å²) in [7, 11) is 0. The molecule has 1 aromatic rings. The smallest absolute Gasteiger partial charge is 0.0594 e. The molecule has 0 aliphatic carbocycles. The molecule has 0 unspecified atom stereocenters. The maximum absolute atomic E-state index is 5.57. The van der Waals surface area contributed by atoms with E-state index in [4.69, 9.17) is 4.74 Å². The first-order chi connectivity index (χ1) is 11.7. The molecule has 4 nitrogen and oxygen atoms in total. The van der Waals surface area contributed by atoms with Gasteiger partial charge in [0.15, 0.2) is 0 Å². The molecule has 2 aliphatic rings. The first kappa shape index (κ1) is 18.2. The molecule has 0 aromatic carbocycles. The van der Waals surface area contributed by atoms with E-state index in [2.05, 4.69) is 52.9 Å². The Morgan fingerprint density at radius 3 is 2.79 bits per heavy atom. The Hall–Kier alpha value is -0.620. The first-order valence-corrected chi connectivity index (χ1v) is 10.4. The number of rotatable bonds is 7. The standard InChI is InChI=1S/C19H31N3OS/c1-16(2)13-18(17-5-3-4-7-20-17)21-14-19(6-12-24-15-19)22-8-10-23-11-9-22/h3-5,7,16,18,21H,6,8-15H2,1-2H3/t18-,19-/m1/s1. The monoisotopic (exact) mass is 349 g/mol. The van der Waals surface area contributed by atoms with Gasteiger partial charge in [0.2, 0.25) is 0 Å². The minimum Gasteiger partial charge on any atom is -0.379 e. The second kappa shape index (κ2) is 8.65. The van der Waals surface area contributed by atoms with Crippen LogP contribution >= 0.6 is 11.8 Å². The Balaban J connectivity index is 1.69. The first-order valence-electron chi connectivity index (χ1n) is 9.24. The molecule has 3 rings (SSSR count). The quantitative estimate of drug-likeness (QED) is 0.819. The third-order valence-electron chi connectivity index (χ3n) is 5.19. The summed E-state index contributed by atoms with van der Waals surface area (Å²) in [5.74, 6) is 3.16. The van der Waals surface area contributed by atoms with Gasteiger partial charge in [-0.25, -0.2) is 0 Å². The molecule has 2 atom stereocenters. The summed E-state index contributed by atoms with van der Waals surface area (Å²) in [6.45, 7) is 9.53. The van der Waals surface area contributed by atoms with Crippen LogP contribution in [-0.2, 0) is 4.74 Å². The second-order valence-electron chi connectivity index (χ2n) is 7.44. The lowest BCUT2D eigenvalue weighted by atomic mass is 9.93. The van der Waals surface area contributed by atoms with Gasteiger partial charge < -0.3 is 10.1 Å². The topological polar surface area (TPSA) is 37.4 Å². The third-order valence-corrected chi connectivity index (χ3v) is 6.43. The minimum atomic E-state index is 0.290. The van der Waals surface area contributed by atoms with Crippen molar-refractivity contribution >= 4 is 11.8 Å². The van der Waals surface area contributed by atoms with Gasteiger partial charge in [-0.3, -0.25) is 9.88 Å². The summed E-state index contributed by atoms with van der Waals surface area (Å²) >= 11 is 2.10. The fourth-order valence-electron chi connectivity index (χ4n) is 3.81. The molecule has 134 valence electrons. The van der Waals surface area contributed by atoms with Crippen LogP contribution in [0.2, 0.25) is 0 Å². The Labute approximate surface area is 150 Å². The number of ether oxygens (including phenoxy) is 1. The summed E-state index contributed by atoms with van der Waals surface area (Å²) in [4.78, 5) is 7.29. The van der Waals surface area contributed by atoms with Crippen molar-refractivity contribution < 1.29 is 4.74 Å². The highest BCUT2D eigenvalue weighted by Gasteiger charge is 2.40. The zero-order valence-corrected chi connectivity index (χ0v) is 15.9. The van der Waals surface area contributed by atoms with E-state index in [0.717, 1.165) is 39.3 Å². The molecule has 2 saturated heterocycles. The predicted octanol–water partition coefficient (Wildman–Crippen LogP) is 2.97. The van der Waals surface area contributed by atoms with Gasteiger partial charge in [0.05, 0.1) is 18.9 Å². The molecule has 5 heteroatoms. The number of morpholine rings is 1. The van der Waals surface area contributed by atoms with Gasteiger partial charge in [-0.1, -0.05) is 19.9 Å². The van der Waals surface area contributed by atoms with Crippen molar-refractivity contribution in [3.05, 3.63) is 30.1 Å². The van der Waals surface area contributed by atoms with Crippen LogP contribution in [0, 0.1) is 5.92 Å². The molecule has 3 heterocycles. The third kappa shape index (κ3) is 4.51. The lowest BCUT2D eigenvalue weighted by molar-refractivity contribution is -0.0143. The lowest BCUT2D eigenvalue weighted by Gasteiger charge is -2.43. The number of nitrogens with one attached hydrogen (secondary N) is 1. The van der Waals surface area contributed by atoms with Crippen LogP contribution in [0.1, 0.15) is 38.4 Å². The van der Waals surface area contributed by atoms with Crippen LogP contribution in [0.25, 0.3) is 0 Å². The average Bonchev–Trinajstić information content (AvgIpc) is 3.10. The van der Waals surface area contributed by atoms with Crippen LogP contribution in [0.3, 0.4) is 0 Å². The number of nitrogens with zero attached hydrogens (tertiary/aromatic N) is 2. The number of hydrogen-bond donors (Lipinski definition) is 1. The summed E-state index contributed by atoms with van der Waals surface area (Å²) < 4.78 is 5.57. The fraction of sp³-hybridized carbons (Fsp3) is 0.737. The van der Waals surface area contributed by atoms with Crippen LogP contribution in [-0.4, -0.2) is 59.8 Å². The molecule has 0 saturated carbocycles. The van der Waals surface area contributed by atoms with Crippen LogP contribution in [0.4, 0.5) is 0 Å². The summed E-state index contributed by atoms with van der Waals surface area (Å²) in [5.41, 5.74) is 1.47. The Kier molecular flexibility index (Phi) is 6.56. The van der Waals surface area contributed by atoms with Gasteiger partial charge in [0.25, 0.3) is 0 Å². The van der Waals surface area contributed by atoms with Crippen molar-refractivity contribution in [3.63, 3.8) is 0 Å². The summed E-state index contributed by atoms with van der Waals surface area (Å²) in [6, 6.07) is 6.60. The molecule has 1 aromatic heterocycles.